The molecule has 0 saturated carbocycles. The Balaban J connectivity index is 2.35. The van der Waals surface area contributed by atoms with Crippen LogP contribution in [0.5, 0.6) is 5.75 Å². The first-order valence-corrected chi connectivity index (χ1v) is 6.18. The standard InChI is InChI=1S/C12H8Cl2N4O/c1-6-10-11(17-12(14)16-6)18(5-15-10)7-3-2-4-8(19)9(7)13/h2-5,19H,1H3. The third-order valence-corrected chi connectivity index (χ3v) is 3.32. The summed E-state index contributed by atoms with van der Waals surface area (Å²) in [6, 6.07) is 4.96. The number of halogens is 2. The van der Waals surface area contributed by atoms with E-state index >= 15 is 0 Å². The predicted molar refractivity (Wildman–Crippen MR) is 73.1 cm³/mol. The maximum Gasteiger partial charge on any atom is 0.224 e. The number of aryl methyl sites for hydroxylation is 1. The highest BCUT2D eigenvalue weighted by Gasteiger charge is 2.14. The number of aromatic hydroxyl groups is 1. The zero-order chi connectivity index (χ0) is 13.6. The van der Waals surface area contributed by atoms with Crippen LogP contribution in [0.4, 0.5) is 0 Å². The Kier molecular flexibility index (Phi) is 2.80. The number of imidazole rings is 1. The SMILES string of the molecule is Cc1nc(Cl)nc2c1ncn2-c1cccc(O)c1Cl. The van der Waals surface area contributed by atoms with Crippen LogP contribution in [0.3, 0.4) is 0 Å². The zero-order valence-corrected chi connectivity index (χ0v) is 11.3. The van der Waals surface area contributed by atoms with Gasteiger partial charge in [0.25, 0.3) is 0 Å². The van der Waals surface area contributed by atoms with Crippen molar-refractivity contribution in [1.29, 1.82) is 0 Å². The summed E-state index contributed by atoms with van der Waals surface area (Å²) in [4.78, 5) is 12.4. The Morgan fingerprint density at radius 3 is 2.79 bits per heavy atom. The van der Waals surface area contributed by atoms with Gasteiger partial charge in [-0.2, -0.15) is 4.98 Å². The largest absolute Gasteiger partial charge is 0.506 e. The lowest BCUT2D eigenvalue weighted by Gasteiger charge is -2.07. The minimum atomic E-state index is -0.00195. The molecule has 0 aliphatic heterocycles. The van der Waals surface area contributed by atoms with E-state index in [2.05, 4.69) is 15.0 Å². The van der Waals surface area contributed by atoms with Crippen LogP contribution in [0, 0.1) is 6.92 Å². The predicted octanol–water partition coefficient (Wildman–Crippen LogP) is 3.14. The molecule has 3 aromatic rings. The quantitative estimate of drug-likeness (QED) is 0.700. The monoisotopic (exact) mass is 294 g/mol. The van der Waals surface area contributed by atoms with Crippen molar-refractivity contribution >= 4 is 34.4 Å². The summed E-state index contributed by atoms with van der Waals surface area (Å²) >= 11 is 12.0. The van der Waals surface area contributed by atoms with E-state index in [-0.39, 0.29) is 16.1 Å². The lowest BCUT2D eigenvalue weighted by atomic mass is 10.3. The van der Waals surface area contributed by atoms with Gasteiger partial charge < -0.3 is 5.11 Å². The van der Waals surface area contributed by atoms with Gasteiger partial charge in [-0.25, -0.2) is 9.97 Å². The molecule has 0 amide bonds. The normalized spacial score (nSPS) is 11.1. The second-order valence-corrected chi connectivity index (χ2v) is 4.69. The molecular weight excluding hydrogens is 287 g/mol. The third kappa shape index (κ3) is 1.91. The summed E-state index contributed by atoms with van der Waals surface area (Å²) < 4.78 is 1.66. The van der Waals surface area contributed by atoms with E-state index in [4.69, 9.17) is 23.2 Å². The molecule has 0 atom stereocenters. The lowest BCUT2D eigenvalue weighted by molar-refractivity contribution is 0.475. The molecule has 1 N–H and O–H groups in total. The third-order valence-electron chi connectivity index (χ3n) is 2.76. The summed E-state index contributed by atoms with van der Waals surface area (Å²) in [6.07, 6.45) is 1.57. The van der Waals surface area contributed by atoms with Crippen molar-refractivity contribution < 1.29 is 5.11 Å². The number of rotatable bonds is 1. The molecule has 0 bridgehead atoms. The summed E-state index contributed by atoms with van der Waals surface area (Å²) in [5.74, 6) is -0.00195. The molecule has 0 unspecified atom stereocenters. The number of hydrogen-bond acceptors (Lipinski definition) is 4. The Hall–Kier alpha value is -1.85. The van der Waals surface area contributed by atoms with Gasteiger partial charge in [-0.1, -0.05) is 17.7 Å². The van der Waals surface area contributed by atoms with Gasteiger partial charge in [0, 0.05) is 0 Å². The summed E-state index contributed by atoms with van der Waals surface area (Å²) in [5, 5.41) is 10.0. The molecule has 0 spiro atoms. The van der Waals surface area contributed by atoms with E-state index in [1.165, 1.54) is 6.07 Å². The number of phenols is 1. The first-order valence-electron chi connectivity index (χ1n) is 5.43. The van der Waals surface area contributed by atoms with Crippen molar-refractivity contribution in [3.63, 3.8) is 0 Å². The molecule has 19 heavy (non-hydrogen) atoms. The number of nitrogens with zero attached hydrogens (tertiary/aromatic N) is 4. The molecule has 3 rings (SSSR count). The van der Waals surface area contributed by atoms with Crippen LogP contribution in [-0.4, -0.2) is 24.6 Å². The number of hydrogen-bond donors (Lipinski definition) is 1. The molecule has 2 heterocycles. The van der Waals surface area contributed by atoms with Gasteiger partial charge in [0.05, 0.1) is 11.4 Å². The molecule has 7 heteroatoms. The molecule has 96 valence electrons. The molecule has 2 aromatic heterocycles. The lowest BCUT2D eigenvalue weighted by Crippen LogP contribution is -1.97. The average molecular weight is 295 g/mol. The Morgan fingerprint density at radius 1 is 1.21 bits per heavy atom. The molecule has 0 saturated heterocycles. The Morgan fingerprint density at radius 2 is 2.00 bits per heavy atom. The van der Waals surface area contributed by atoms with Gasteiger partial charge in [-0.3, -0.25) is 4.57 Å². The van der Waals surface area contributed by atoms with Gasteiger partial charge in [0.1, 0.15) is 22.6 Å². The van der Waals surface area contributed by atoms with Gasteiger partial charge >= 0.3 is 0 Å². The topological polar surface area (TPSA) is 63.8 Å². The molecule has 0 radical (unpaired) electrons. The van der Waals surface area contributed by atoms with Crippen molar-refractivity contribution in [2.45, 2.75) is 6.92 Å². The maximum absolute atomic E-state index is 9.66. The van der Waals surface area contributed by atoms with Crippen molar-refractivity contribution in [3.05, 3.63) is 40.5 Å². The van der Waals surface area contributed by atoms with Crippen LogP contribution in [-0.2, 0) is 0 Å². The number of fused-ring (bicyclic) bond motifs is 1. The zero-order valence-electron chi connectivity index (χ0n) is 9.80. The fraction of sp³-hybridized carbons (Fsp3) is 0.0833. The first-order chi connectivity index (χ1) is 9.08. The van der Waals surface area contributed by atoms with E-state index in [0.717, 1.165) is 0 Å². The van der Waals surface area contributed by atoms with Crippen LogP contribution in [0.1, 0.15) is 5.69 Å². The highest BCUT2D eigenvalue weighted by molar-refractivity contribution is 6.34. The van der Waals surface area contributed by atoms with E-state index in [1.807, 2.05) is 0 Å². The molecule has 0 aliphatic rings. The van der Waals surface area contributed by atoms with Crippen molar-refractivity contribution in [1.82, 2.24) is 19.5 Å². The Bertz CT molecular complexity index is 785. The maximum atomic E-state index is 9.66. The van der Waals surface area contributed by atoms with Crippen molar-refractivity contribution in [2.75, 3.05) is 0 Å². The van der Waals surface area contributed by atoms with Crippen molar-refractivity contribution in [3.8, 4) is 11.4 Å². The van der Waals surface area contributed by atoms with Gasteiger partial charge in [0.2, 0.25) is 5.28 Å². The fourth-order valence-corrected chi connectivity index (χ4v) is 2.30. The molecule has 0 aliphatic carbocycles. The summed E-state index contributed by atoms with van der Waals surface area (Å²) in [5.41, 5.74) is 2.46. The minimum Gasteiger partial charge on any atom is -0.506 e. The van der Waals surface area contributed by atoms with E-state index in [1.54, 1.807) is 30.0 Å². The first kappa shape index (κ1) is 12.2. The highest BCUT2D eigenvalue weighted by atomic mass is 35.5. The second kappa shape index (κ2) is 4.36. The van der Waals surface area contributed by atoms with Crippen LogP contribution >= 0.6 is 23.2 Å². The highest BCUT2D eigenvalue weighted by Crippen LogP contribution is 2.31. The fourth-order valence-electron chi connectivity index (χ4n) is 1.88. The molecule has 5 nitrogen and oxygen atoms in total. The number of aromatic nitrogens is 4. The van der Waals surface area contributed by atoms with E-state index in [9.17, 15) is 5.11 Å². The number of benzene rings is 1. The average Bonchev–Trinajstić information content (AvgIpc) is 2.76. The molecular formula is C12H8Cl2N4O. The van der Waals surface area contributed by atoms with Gasteiger partial charge in [-0.15, -0.1) is 0 Å². The second-order valence-electron chi connectivity index (χ2n) is 3.98. The van der Waals surface area contributed by atoms with Crippen LogP contribution in [0.25, 0.3) is 16.9 Å². The van der Waals surface area contributed by atoms with Crippen LogP contribution in [0.2, 0.25) is 10.3 Å². The van der Waals surface area contributed by atoms with Crippen LogP contribution < -0.4 is 0 Å². The van der Waals surface area contributed by atoms with Gasteiger partial charge in [-0.05, 0) is 30.7 Å². The summed E-state index contributed by atoms with van der Waals surface area (Å²) in [7, 11) is 0. The van der Waals surface area contributed by atoms with Crippen molar-refractivity contribution in [2.24, 2.45) is 0 Å². The molecule has 0 fully saturated rings. The minimum absolute atomic E-state index is 0.00195. The summed E-state index contributed by atoms with van der Waals surface area (Å²) in [6.45, 7) is 1.80. The smallest absolute Gasteiger partial charge is 0.224 e. The van der Waals surface area contributed by atoms with E-state index < -0.39 is 0 Å². The van der Waals surface area contributed by atoms with Crippen LogP contribution in [0.15, 0.2) is 24.5 Å². The molecule has 1 aromatic carbocycles. The number of phenolic OH excluding ortho intramolecular Hbond substituents is 1. The Labute approximate surface area is 118 Å². The van der Waals surface area contributed by atoms with Gasteiger partial charge in [0.15, 0.2) is 5.65 Å². The van der Waals surface area contributed by atoms with E-state index in [0.29, 0.717) is 22.5 Å².